The van der Waals surface area contributed by atoms with Gasteiger partial charge in [-0.05, 0) is 31.4 Å². The SMILES string of the molecule is CCC(C)CC(C)Nc1nc(C(=O)O)nc2ccccc12. The molecule has 0 spiro atoms. The number of benzene rings is 1. The fraction of sp³-hybridized carbons (Fsp3) is 0.438. The smallest absolute Gasteiger partial charge is 0.374 e. The first-order valence-electron chi connectivity index (χ1n) is 7.27. The summed E-state index contributed by atoms with van der Waals surface area (Å²) in [6, 6.07) is 7.66. The van der Waals surface area contributed by atoms with Crippen LogP contribution in [0.15, 0.2) is 24.3 Å². The van der Waals surface area contributed by atoms with Crippen molar-refractivity contribution in [1.29, 1.82) is 0 Å². The van der Waals surface area contributed by atoms with E-state index in [1.54, 1.807) is 6.07 Å². The maximum absolute atomic E-state index is 11.2. The zero-order chi connectivity index (χ0) is 15.4. The molecule has 21 heavy (non-hydrogen) atoms. The Balaban J connectivity index is 2.35. The van der Waals surface area contributed by atoms with Crippen LogP contribution < -0.4 is 5.32 Å². The van der Waals surface area contributed by atoms with E-state index in [2.05, 4.69) is 36.1 Å². The van der Waals surface area contributed by atoms with Gasteiger partial charge in [-0.1, -0.05) is 32.4 Å². The van der Waals surface area contributed by atoms with Gasteiger partial charge in [-0.3, -0.25) is 0 Å². The van der Waals surface area contributed by atoms with Crippen LogP contribution >= 0.6 is 0 Å². The van der Waals surface area contributed by atoms with E-state index in [1.165, 1.54) is 0 Å². The van der Waals surface area contributed by atoms with Crippen molar-refractivity contribution in [3.8, 4) is 0 Å². The number of rotatable bonds is 6. The van der Waals surface area contributed by atoms with Gasteiger partial charge in [-0.15, -0.1) is 0 Å². The van der Waals surface area contributed by atoms with Crippen LogP contribution in [0.2, 0.25) is 0 Å². The summed E-state index contributed by atoms with van der Waals surface area (Å²) in [5, 5.41) is 13.3. The molecule has 112 valence electrons. The number of hydrogen-bond acceptors (Lipinski definition) is 4. The summed E-state index contributed by atoms with van der Waals surface area (Å²) in [5.74, 6) is -0.0846. The molecule has 0 aliphatic heterocycles. The number of para-hydroxylation sites is 1. The molecule has 5 heteroatoms. The van der Waals surface area contributed by atoms with Crippen molar-refractivity contribution in [3.63, 3.8) is 0 Å². The molecule has 1 aromatic carbocycles. The van der Waals surface area contributed by atoms with Gasteiger partial charge in [0.15, 0.2) is 0 Å². The Hall–Kier alpha value is -2.17. The van der Waals surface area contributed by atoms with Gasteiger partial charge in [-0.25, -0.2) is 14.8 Å². The molecule has 2 N–H and O–H groups in total. The highest BCUT2D eigenvalue weighted by Crippen LogP contribution is 2.22. The van der Waals surface area contributed by atoms with Crippen LogP contribution in [0.25, 0.3) is 10.9 Å². The number of hydrogen-bond donors (Lipinski definition) is 2. The molecule has 0 saturated heterocycles. The van der Waals surface area contributed by atoms with E-state index < -0.39 is 5.97 Å². The van der Waals surface area contributed by atoms with E-state index in [0.717, 1.165) is 18.2 Å². The fourth-order valence-corrected chi connectivity index (χ4v) is 2.34. The van der Waals surface area contributed by atoms with Crippen molar-refractivity contribution in [1.82, 2.24) is 9.97 Å². The molecule has 0 amide bonds. The Morgan fingerprint density at radius 2 is 2.00 bits per heavy atom. The minimum atomic E-state index is -1.11. The molecule has 2 atom stereocenters. The highest BCUT2D eigenvalue weighted by atomic mass is 16.4. The zero-order valence-electron chi connectivity index (χ0n) is 12.6. The molecule has 2 rings (SSSR count). The Bertz CT molecular complexity index is 642. The number of carboxylic acids is 1. The lowest BCUT2D eigenvalue weighted by Crippen LogP contribution is -2.20. The second-order valence-corrected chi connectivity index (χ2v) is 5.51. The molecule has 5 nitrogen and oxygen atoms in total. The zero-order valence-corrected chi connectivity index (χ0v) is 12.6. The number of carboxylic acid groups (broad SMARTS) is 1. The second-order valence-electron chi connectivity index (χ2n) is 5.51. The van der Waals surface area contributed by atoms with Crippen LogP contribution in [0.3, 0.4) is 0 Å². The average Bonchev–Trinajstić information content (AvgIpc) is 2.46. The van der Waals surface area contributed by atoms with E-state index in [9.17, 15) is 4.79 Å². The van der Waals surface area contributed by atoms with Crippen LogP contribution in [0.4, 0.5) is 5.82 Å². The largest absolute Gasteiger partial charge is 0.475 e. The van der Waals surface area contributed by atoms with Crippen molar-refractivity contribution >= 4 is 22.7 Å². The molecular formula is C16H21N3O2. The number of aromatic carboxylic acids is 1. The lowest BCUT2D eigenvalue weighted by atomic mass is 10.0. The molecule has 1 aromatic heterocycles. The van der Waals surface area contributed by atoms with Gasteiger partial charge < -0.3 is 10.4 Å². The molecule has 2 unspecified atom stereocenters. The molecule has 1 heterocycles. The minimum Gasteiger partial charge on any atom is -0.475 e. The number of anilines is 1. The highest BCUT2D eigenvalue weighted by molar-refractivity contribution is 5.93. The maximum Gasteiger partial charge on any atom is 0.374 e. The molecule has 0 saturated carbocycles. The Kier molecular flexibility index (Phi) is 4.73. The topological polar surface area (TPSA) is 75.1 Å². The van der Waals surface area contributed by atoms with E-state index >= 15 is 0 Å². The van der Waals surface area contributed by atoms with E-state index in [-0.39, 0.29) is 11.9 Å². The quantitative estimate of drug-likeness (QED) is 0.849. The molecule has 0 aliphatic rings. The van der Waals surface area contributed by atoms with Crippen molar-refractivity contribution in [2.75, 3.05) is 5.32 Å². The lowest BCUT2D eigenvalue weighted by Gasteiger charge is -2.19. The van der Waals surface area contributed by atoms with Crippen molar-refractivity contribution < 1.29 is 9.90 Å². The normalized spacial score (nSPS) is 13.9. The van der Waals surface area contributed by atoms with E-state index in [1.807, 2.05) is 18.2 Å². The Morgan fingerprint density at radius 3 is 2.67 bits per heavy atom. The third-order valence-electron chi connectivity index (χ3n) is 3.63. The summed E-state index contributed by atoms with van der Waals surface area (Å²) in [6.45, 7) is 6.46. The van der Waals surface area contributed by atoms with Crippen LogP contribution in [0, 0.1) is 5.92 Å². The van der Waals surface area contributed by atoms with Gasteiger partial charge in [0.2, 0.25) is 5.82 Å². The van der Waals surface area contributed by atoms with Gasteiger partial charge in [0.25, 0.3) is 0 Å². The first-order valence-corrected chi connectivity index (χ1v) is 7.27. The summed E-state index contributed by atoms with van der Waals surface area (Å²) >= 11 is 0. The Morgan fingerprint density at radius 1 is 1.29 bits per heavy atom. The van der Waals surface area contributed by atoms with Crippen molar-refractivity contribution in [2.45, 2.75) is 39.7 Å². The summed E-state index contributed by atoms with van der Waals surface area (Å²) in [5.41, 5.74) is 0.642. The molecule has 0 fully saturated rings. The number of nitrogens with zero attached hydrogens (tertiary/aromatic N) is 2. The summed E-state index contributed by atoms with van der Waals surface area (Å²) in [7, 11) is 0. The third kappa shape index (κ3) is 3.68. The number of carbonyl (C=O) groups is 1. The standard InChI is InChI=1S/C16H21N3O2/c1-4-10(2)9-11(3)17-14-12-7-5-6-8-13(12)18-15(19-14)16(20)21/h5-8,10-11H,4,9H2,1-3H3,(H,20,21)(H,17,18,19). The Labute approximate surface area is 124 Å². The van der Waals surface area contributed by atoms with Gasteiger partial charge in [-0.2, -0.15) is 0 Å². The van der Waals surface area contributed by atoms with Gasteiger partial charge in [0, 0.05) is 11.4 Å². The molecule has 0 aliphatic carbocycles. The van der Waals surface area contributed by atoms with E-state index in [0.29, 0.717) is 17.3 Å². The number of nitrogens with one attached hydrogen (secondary N) is 1. The van der Waals surface area contributed by atoms with Gasteiger partial charge >= 0.3 is 5.97 Å². The average molecular weight is 287 g/mol. The predicted molar refractivity (Wildman–Crippen MR) is 83.7 cm³/mol. The van der Waals surface area contributed by atoms with Crippen LogP contribution in [0.5, 0.6) is 0 Å². The molecule has 2 aromatic rings. The molecular weight excluding hydrogens is 266 g/mol. The summed E-state index contributed by atoms with van der Waals surface area (Å²) in [4.78, 5) is 19.4. The first kappa shape index (κ1) is 15.2. The monoisotopic (exact) mass is 287 g/mol. The third-order valence-corrected chi connectivity index (χ3v) is 3.63. The van der Waals surface area contributed by atoms with Crippen LogP contribution in [-0.2, 0) is 0 Å². The lowest BCUT2D eigenvalue weighted by molar-refractivity contribution is 0.0684. The van der Waals surface area contributed by atoms with E-state index in [4.69, 9.17) is 5.11 Å². The number of aromatic nitrogens is 2. The predicted octanol–water partition coefficient (Wildman–Crippen LogP) is 3.56. The second kappa shape index (κ2) is 6.52. The number of fused-ring (bicyclic) bond motifs is 1. The van der Waals surface area contributed by atoms with Gasteiger partial charge in [0.1, 0.15) is 5.82 Å². The highest BCUT2D eigenvalue weighted by Gasteiger charge is 2.15. The van der Waals surface area contributed by atoms with Crippen LogP contribution in [-0.4, -0.2) is 27.1 Å². The summed E-state index contributed by atoms with van der Waals surface area (Å²) < 4.78 is 0. The van der Waals surface area contributed by atoms with Crippen molar-refractivity contribution in [2.24, 2.45) is 5.92 Å². The first-order chi connectivity index (χ1) is 10.0. The minimum absolute atomic E-state index is 0.174. The van der Waals surface area contributed by atoms with Crippen molar-refractivity contribution in [3.05, 3.63) is 30.1 Å². The maximum atomic E-state index is 11.2. The molecule has 0 radical (unpaired) electrons. The van der Waals surface area contributed by atoms with Gasteiger partial charge in [0.05, 0.1) is 5.52 Å². The molecule has 0 bridgehead atoms. The fourth-order valence-electron chi connectivity index (χ4n) is 2.34. The summed E-state index contributed by atoms with van der Waals surface area (Å²) in [6.07, 6.45) is 2.13. The van der Waals surface area contributed by atoms with Crippen LogP contribution in [0.1, 0.15) is 44.2 Å².